The van der Waals surface area contributed by atoms with Crippen LogP contribution in [0.3, 0.4) is 0 Å². The van der Waals surface area contributed by atoms with Crippen LogP contribution in [0.2, 0.25) is 0 Å². The van der Waals surface area contributed by atoms with E-state index in [1.807, 2.05) is 0 Å². The molecule has 12 nitrogen and oxygen atoms in total. The maximum Gasteiger partial charge on any atom is 0.338 e. The molecule has 0 aliphatic carbocycles. The Morgan fingerprint density at radius 2 is 0.398 bits per heavy atom. The van der Waals surface area contributed by atoms with Crippen LogP contribution in [-0.2, 0) is 9.47 Å². The molecule has 0 aromatic heterocycles. The summed E-state index contributed by atoms with van der Waals surface area (Å²) in [5, 5.41) is 22.1. The normalized spacial score (nSPS) is 11.6. The zero-order valence-electron chi connectivity index (χ0n) is 68.3. The van der Waals surface area contributed by atoms with Gasteiger partial charge in [-0.05, 0) is 62.8 Å². The van der Waals surface area contributed by atoms with Gasteiger partial charge in [0, 0.05) is 0 Å². The van der Waals surface area contributed by atoms with Gasteiger partial charge in [0.1, 0.15) is 13.2 Å². The van der Waals surface area contributed by atoms with Crippen molar-refractivity contribution >= 4 is 11.9 Å². The van der Waals surface area contributed by atoms with Crippen LogP contribution in [0.4, 0.5) is 0 Å². The minimum Gasteiger partial charge on any atom is -0.490 e. The second kappa shape index (κ2) is 71.0. The summed E-state index contributed by atoms with van der Waals surface area (Å²) in [5.41, 5.74) is -1.12. The van der Waals surface area contributed by atoms with E-state index in [1.165, 1.54) is 283 Å². The van der Waals surface area contributed by atoms with Gasteiger partial charge in [-0.3, -0.25) is 0 Å². The van der Waals surface area contributed by atoms with Crippen LogP contribution in [0.5, 0.6) is 34.5 Å². The zero-order chi connectivity index (χ0) is 74.3. The standard InChI is InChI=1S/C91H164O12/c1-7-13-19-25-31-37-43-49-55-61-67-96-83-73-81(74-84(97-68-62-56-50-44-38-32-26-20-14-8-2)87(83)100-71-65-59-53-47-41-35-29-23-17-11-5)89(94)102-79-91(77-92,78-93)80-103-90(95)82-75-85(98-69-63-57-51-45-39-33-27-21-15-9-3)88(101-72-66-60-54-48-42-36-30-24-18-12-6)86(76-82)99-70-64-58-52-46-40-34-28-22-16-10-4/h73-76,92-93H,7-72,77-80H2,1-6H3. The number of aliphatic hydroxyl groups excluding tert-OH is 2. The fraction of sp³-hybridized carbons (Fsp3) is 0.846. The third kappa shape index (κ3) is 51.9. The summed E-state index contributed by atoms with van der Waals surface area (Å²) < 4.78 is 51.8. The smallest absolute Gasteiger partial charge is 0.338 e. The SMILES string of the molecule is CCCCCCCCCCCCOc1cc(C(=O)OCC(CO)(CO)COC(=O)c2cc(OCCCCCCCCCCCC)c(OCCCCCCCCCCCC)c(OCCCCCCCCCCCC)c2)cc(OCCCCCCCCCCCC)c1OCCCCCCCCCCCC. The maximum absolute atomic E-state index is 14.5. The van der Waals surface area contributed by atoms with Crippen molar-refractivity contribution in [3.8, 4) is 34.5 Å². The molecule has 0 saturated heterocycles. The molecule has 0 spiro atoms. The van der Waals surface area contributed by atoms with Crippen molar-refractivity contribution < 1.29 is 57.7 Å². The molecule has 2 aromatic carbocycles. The summed E-state index contributed by atoms with van der Waals surface area (Å²) in [6, 6.07) is 6.76. The van der Waals surface area contributed by atoms with E-state index in [2.05, 4.69) is 41.5 Å². The summed E-state index contributed by atoms with van der Waals surface area (Å²) in [5.74, 6) is 1.39. The van der Waals surface area contributed by atoms with Crippen LogP contribution >= 0.6 is 0 Å². The molecule has 0 unspecified atom stereocenters. The molecule has 2 rings (SSSR count). The van der Waals surface area contributed by atoms with Crippen molar-refractivity contribution in [1.29, 1.82) is 0 Å². The molecule has 0 radical (unpaired) electrons. The van der Waals surface area contributed by atoms with Gasteiger partial charge in [-0.2, -0.15) is 0 Å². The lowest BCUT2D eigenvalue weighted by Crippen LogP contribution is -2.41. The Bertz CT molecular complexity index is 1950. The van der Waals surface area contributed by atoms with Gasteiger partial charge in [-0.15, -0.1) is 0 Å². The number of carbonyl (C=O) groups excluding carboxylic acids is 2. The number of hydrogen-bond donors (Lipinski definition) is 2. The highest BCUT2D eigenvalue weighted by Crippen LogP contribution is 2.42. The van der Waals surface area contributed by atoms with E-state index >= 15 is 0 Å². The van der Waals surface area contributed by atoms with Crippen LogP contribution in [0.15, 0.2) is 24.3 Å². The molecular weight excluding hydrogens is 1280 g/mol. The van der Waals surface area contributed by atoms with Crippen LogP contribution in [0, 0.1) is 5.41 Å². The molecule has 12 heteroatoms. The van der Waals surface area contributed by atoms with E-state index in [0.717, 1.165) is 103 Å². The molecule has 2 N–H and O–H groups in total. The van der Waals surface area contributed by atoms with E-state index in [0.29, 0.717) is 74.1 Å². The lowest BCUT2D eigenvalue weighted by molar-refractivity contribution is -0.0523. The van der Waals surface area contributed by atoms with Gasteiger partial charge in [0.2, 0.25) is 11.5 Å². The predicted molar refractivity (Wildman–Crippen MR) is 434 cm³/mol. The molecule has 0 amide bonds. The first-order valence-corrected chi connectivity index (χ1v) is 44.4. The Balaban J connectivity index is 2.46. The summed E-state index contributed by atoms with van der Waals surface area (Å²) in [4.78, 5) is 29.1. The number of hydrogen-bond acceptors (Lipinski definition) is 12. The van der Waals surface area contributed by atoms with Gasteiger partial charge in [-0.25, -0.2) is 9.59 Å². The first kappa shape index (κ1) is 95.2. The maximum atomic E-state index is 14.5. The Morgan fingerprint density at radius 3 is 0.563 bits per heavy atom. The number of ether oxygens (including phenoxy) is 8. The molecule has 0 bridgehead atoms. The van der Waals surface area contributed by atoms with Crippen LogP contribution in [0.1, 0.15) is 448 Å². The first-order chi connectivity index (χ1) is 50.8. The van der Waals surface area contributed by atoms with Crippen molar-refractivity contribution in [3.05, 3.63) is 35.4 Å². The highest BCUT2D eigenvalue weighted by atomic mass is 16.6. The van der Waals surface area contributed by atoms with Gasteiger partial charge < -0.3 is 48.1 Å². The second-order valence-electron chi connectivity index (χ2n) is 30.8. The quantitative estimate of drug-likeness (QED) is 0.0480. The minimum atomic E-state index is -1.53. The highest BCUT2D eigenvalue weighted by molar-refractivity contribution is 5.92. The third-order valence-corrected chi connectivity index (χ3v) is 20.7. The Morgan fingerprint density at radius 1 is 0.243 bits per heavy atom. The molecule has 0 saturated carbocycles. The van der Waals surface area contributed by atoms with Crippen LogP contribution in [0.25, 0.3) is 0 Å². The monoisotopic (exact) mass is 1450 g/mol. The van der Waals surface area contributed by atoms with Gasteiger partial charge in [0.05, 0.1) is 69.4 Å². The van der Waals surface area contributed by atoms with Gasteiger partial charge in [0.25, 0.3) is 0 Å². The highest BCUT2D eigenvalue weighted by Gasteiger charge is 2.34. The number of esters is 2. The number of benzene rings is 2. The Labute approximate surface area is 634 Å². The van der Waals surface area contributed by atoms with E-state index in [9.17, 15) is 19.8 Å². The number of carbonyl (C=O) groups is 2. The van der Waals surface area contributed by atoms with Crippen molar-refractivity contribution in [1.82, 2.24) is 0 Å². The molecule has 2 aromatic rings. The minimum absolute atomic E-state index is 0.204. The van der Waals surface area contributed by atoms with Crippen LogP contribution in [-0.4, -0.2) is 88.2 Å². The number of aliphatic hydroxyl groups is 2. The number of rotatable bonds is 80. The molecular formula is C91H164O12. The second-order valence-corrected chi connectivity index (χ2v) is 30.8. The Kier molecular flexibility index (Phi) is 65.7. The Hall–Kier alpha value is -3.90. The van der Waals surface area contributed by atoms with E-state index < -0.39 is 43.8 Å². The van der Waals surface area contributed by atoms with E-state index in [4.69, 9.17) is 37.9 Å². The lowest BCUT2D eigenvalue weighted by Gasteiger charge is -2.28. The summed E-state index contributed by atoms with van der Waals surface area (Å²) in [6.07, 6.45) is 72.5. The first-order valence-electron chi connectivity index (χ1n) is 44.4. The molecule has 0 heterocycles. The predicted octanol–water partition coefficient (Wildman–Crippen LogP) is 27.5. The lowest BCUT2D eigenvalue weighted by atomic mass is 9.92. The molecule has 600 valence electrons. The fourth-order valence-corrected chi connectivity index (χ4v) is 13.6. The summed E-state index contributed by atoms with van der Waals surface area (Å²) in [7, 11) is 0. The van der Waals surface area contributed by atoms with Gasteiger partial charge in [-0.1, -0.05) is 388 Å². The van der Waals surface area contributed by atoms with Gasteiger partial charge >= 0.3 is 11.9 Å². The topological polar surface area (TPSA) is 148 Å². The van der Waals surface area contributed by atoms with Gasteiger partial charge in [0.15, 0.2) is 23.0 Å². The van der Waals surface area contributed by atoms with Crippen molar-refractivity contribution in [2.45, 2.75) is 427 Å². The van der Waals surface area contributed by atoms with Crippen molar-refractivity contribution in [2.75, 3.05) is 66.1 Å². The molecule has 0 fully saturated rings. The number of unbranched alkanes of at least 4 members (excludes halogenated alkanes) is 54. The largest absolute Gasteiger partial charge is 0.490 e. The van der Waals surface area contributed by atoms with Crippen molar-refractivity contribution in [2.24, 2.45) is 5.41 Å². The summed E-state index contributed by atoms with van der Waals surface area (Å²) >= 11 is 0. The van der Waals surface area contributed by atoms with Crippen LogP contribution < -0.4 is 28.4 Å². The third-order valence-electron chi connectivity index (χ3n) is 20.7. The average molecular weight is 1450 g/mol. The molecule has 0 atom stereocenters. The molecule has 0 aliphatic rings. The van der Waals surface area contributed by atoms with E-state index in [-0.39, 0.29) is 11.1 Å². The zero-order valence-corrected chi connectivity index (χ0v) is 68.3. The molecule has 103 heavy (non-hydrogen) atoms. The molecule has 0 aliphatic heterocycles. The van der Waals surface area contributed by atoms with E-state index in [1.54, 1.807) is 24.3 Å². The fourth-order valence-electron chi connectivity index (χ4n) is 13.6. The summed E-state index contributed by atoms with van der Waals surface area (Å²) in [6.45, 7) is 14.3. The van der Waals surface area contributed by atoms with Crippen molar-refractivity contribution in [3.63, 3.8) is 0 Å². The average Bonchev–Trinajstić information content (AvgIpc) is 0.819.